The number of hydrogen-bond donors (Lipinski definition) is 0. The van der Waals surface area contributed by atoms with E-state index in [-0.39, 0.29) is 6.61 Å². The van der Waals surface area contributed by atoms with Crippen molar-refractivity contribution >= 4 is 10.1 Å². The van der Waals surface area contributed by atoms with E-state index in [4.69, 9.17) is 14.2 Å². The van der Waals surface area contributed by atoms with E-state index in [9.17, 15) is 21.6 Å². The lowest BCUT2D eigenvalue weighted by atomic mass is 9.85. The molecule has 0 spiro atoms. The first kappa shape index (κ1) is 20.3. The number of allylic oxidation sites excluding steroid dienone is 1. The van der Waals surface area contributed by atoms with Gasteiger partial charge in [-0.2, -0.15) is 21.6 Å². The van der Waals surface area contributed by atoms with Gasteiger partial charge in [0.2, 0.25) is 0 Å². The molecular weight excluding hydrogens is 365 g/mol. The lowest BCUT2D eigenvalue weighted by Gasteiger charge is -2.40. The van der Waals surface area contributed by atoms with Crippen LogP contribution in [0.4, 0.5) is 13.2 Å². The van der Waals surface area contributed by atoms with E-state index in [2.05, 4.69) is 4.18 Å². The highest BCUT2D eigenvalue weighted by atomic mass is 32.2. The molecular formula is C15H23F3O6S. The van der Waals surface area contributed by atoms with Gasteiger partial charge in [-0.05, 0) is 45.6 Å². The minimum Gasteiger partial charge on any atom is -0.455 e. The molecule has 2 aliphatic rings. The fraction of sp³-hybridized carbons (Fsp3) is 0.867. The Hall–Kier alpha value is -1.00. The summed E-state index contributed by atoms with van der Waals surface area (Å²) in [5.74, 6) is -1.50. The molecule has 0 amide bonds. The minimum absolute atomic E-state index is 0.204. The van der Waals surface area contributed by atoms with Crippen molar-refractivity contribution < 1.29 is 40.0 Å². The highest BCUT2D eigenvalue weighted by Gasteiger charge is 2.53. The van der Waals surface area contributed by atoms with Gasteiger partial charge in [0, 0.05) is 0 Å². The van der Waals surface area contributed by atoms with Crippen molar-refractivity contribution in [3.8, 4) is 0 Å². The monoisotopic (exact) mass is 388 g/mol. The summed E-state index contributed by atoms with van der Waals surface area (Å²) >= 11 is 0. The van der Waals surface area contributed by atoms with Gasteiger partial charge in [0.05, 0.1) is 6.61 Å². The Morgan fingerprint density at radius 2 is 2.04 bits per heavy atom. The zero-order valence-corrected chi connectivity index (χ0v) is 15.2. The van der Waals surface area contributed by atoms with Gasteiger partial charge < -0.3 is 18.4 Å². The van der Waals surface area contributed by atoms with Crippen molar-refractivity contribution in [1.29, 1.82) is 0 Å². The Bertz CT molecular complexity index is 613. The quantitative estimate of drug-likeness (QED) is 0.512. The van der Waals surface area contributed by atoms with Crippen LogP contribution in [0.3, 0.4) is 0 Å². The average molecular weight is 388 g/mol. The largest absolute Gasteiger partial charge is 0.534 e. The van der Waals surface area contributed by atoms with Crippen LogP contribution >= 0.6 is 0 Å². The molecule has 10 heteroatoms. The standard InChI is InChI=1S/C15H23F3O6S/c1-4-5-8-14(11-10-21-13(2,3)22-11)9-6-7-12(23-14)24-25(19,20)15(16,17)18/h7,11H,4-6,8-10H2,1-3H3/t11-,14+/m0/s1. The molecule has 25 heavy (non-hydrogen) atoms. The zero-order chi connectivity index (χ0) is 18.9. The van der Waals surface area contributed by atoms with Crippen molar-refractivity contribution in [1.82, 2.24) is 0 Å². The van der Waals surface area contributed by atoms with Crippen molar-refractivity contribution in [2.75, 3.05) is 6.61 Å². The van der Waals surface area contributed by atoms with Crippen molar-refractivity contribution in [2.45, 2.75) is 75.9 Å². The molecule has 0 aliphatic carbocycles. The molecule has 2 atom stereocenters. The fourth-order valence-corrected chi connectivity index (χ4v) is 3.33. The van der Waals surface area contributed by atoms with Crippen molar-refractivity contribution in [3.63, 3.8) is 0 Å². The van der Waals surface area contributed by atoms with Crippen LogP contribution in [0.25, 0.3) is 0 Å². The number of alkyl halides is 3. The Morgan fingerprint density at radius 3 is 2.56 bits per heavy atom. The van der Waals surface area contributed by atoms with Gasteiger partial charge in [-0.3, -0.25) is 0 Å². The predicted molar refractivity (Wildman–Crippen MR) is 81.6 cm³/mol. The van der Waals surface area contributed by atoms with E-state index in [0.29, 0.717) is 19.3 Å². The van der Waals surface area contributed by atoms with Crippen LogP contribution in [0.2, 0.25) is 0 Å². The van der Waals surface area contributed by atoms with Crippen LogP contribution in [0.1, 0.15) is 52.9 Å². The molecule has 2 heterocycles. The third-order valence-corrected chi connectivity index (χ3v) is 5.16. The highest BCUT2D eigenvalue weighted by Crippen LogP contribution is 2.42. The van der Waals surface area contributed by atoms with Crippen molar-refractivity contribution in [2.24, 2.45) is 0 Å². The highest BCUT2D eigenvalue weighted by molar-refractivity contribution is 7.87. The maximum atomic E-state index is 12.5. The summed E-state index contributed by atoms with van der Waals surface area (Å²) in [6.07, 6.45) is 3.51. The normalized spacial score (nSPS) is 29.8. The van der Waals surface area contributed by atoms with E-state index in [1.165, 1.54) is 6.08 Å². The van der Waals surface area contributed by atoms with E-state index >= 15 is 0 Å². The Balaban J connectivity index is 2.21. The number of ether oxygens (including phenoxy) is 3. The molecule has 0 aromatic carbocycles. The van der Waals surface area contributed by atoms with Gasteiger partial charge in [0.25, 0.3) is 5.95 Å². The maximum absolute atomic E-state index is 12.5. The van der Waals surface area contributed by atoms with Gasteiger partial charge >= 0.3 is 15.6 Å². The second-order valence-corrected chi connectivity index (χ2v) is 8.17. The SMILES string of the molecule is CCCC[C@]1([C@@H]2COC(C)(C)O2)CCC=C(OS(=O)(=O)C(F)(F)F)O1. The molecule has 146 valence electrons. The fourth-order valence-electron chi connectivity index (χ4n) is 2.92. The van der Waals surface area contributed by atoms with Crippen LogP contribution in [0.5, 0.6) is 0 Å². The van der Waals surface area contributed by atoms with E-state index < -0.39 is 39.1 Å². The molecule has 0 aromatic heterocycles. The first-order valence-electron chi connectivity index (χ1n) is 8.12. The van der Waals surface area contributed by atoms with Crippen LogP contribution in [-0.2, 0) is 28.5 Å². The average Bonchev–Trinajstić information content (AvgIpc) is 2.84. The molecule has 0 bridgehead atoms. The summed E-state index contributed by atoms with van der Waals surface area (Å²) in [6, 6.07) is 0. The molecule has 0 N–H and O–H groups in total. The second-order valence-electron chi connectivity index (χ2n) is 6.63. The van der Waals surface area contributed by atoms with Crippen molar-refractivity contribution in [3.05, 3.63) is 12.0 Å². The number of halogens is 3. The molecule has 2 rings (SSSR count). The lowest BCUT2D eigenvalue weighted by molar-refractivity contribution is -0.189. The van der Waals surface area contributed by atoms with Gasteiger partial charge in [-0.1, -0.05) is 13.3 Å². The smallest absolute Gasteiger partial charge is 0.455 e. The maximum Gasteiger partial charge on any atom is 0.534 e. The zero-order valence-electron chi connectivity index (χ0n) is 14.4. The van der Waals surface area contributed by atoms with Crippen LogP contribution in [-0.4, -0.2) is 38.0 Å². The van der Waals surface area contributed by atoms with Gasteiger partial charge in [0.1, 0.15) is 11.7 Å². The summed E-state index contributed by atoms with van der Waals surface area (Å²) in [7, 11) is -5.78. The summed E-state index contributed by atoms with van der Waals surface area (Å²) < 4.78 is 81.3. The molecule has 6 nitrogen and oxygen atoms in total. The number of hydrogen-bond acceptors (Lipinski definition) is 6. The van der Waals surface area contributed by atoms with Gasteiger partial charge in [-0.15, -0.1) is 0 Å². The summed E-state index contributed by atoms with van der Waals surface area (Å²) in [5.41, 5.74) is -6.51. The minimum atomic E-state index is -5.78. The molecule has 1 saturated heterocycles. The summed E-state index contributed by atoms with van der Waals surface area (Å²) in [4.78, 5) is 0. The Labute approximate surface area is 145 Å². The predicted octanol–water partition coefficient (Wildman–Crippen LogP) is 3.58. The molecule has 0 radical (unpaired) electrons. The van der Waals surface area contributed by atoms with Crippen LogP contribution in [0.15, 0.2) is 12.0 Å². The first-order chi connectivity index (χ1) is 11.4. The summed E-state index contributed by atoms with van der Waals surface area (Å²) in [5, 5.41) is 0. The molecule has 0 unspecified atom stereocenters. The lowest BCUT2D eigenvalue weighted by Crippen LogP contribution is -2.48. The van der Waals surface area contributed by atoms with Crippen LogP contribution < -0.4 is 0 Å². The second kappa shape index (κ2) is 6.96. The number of unbranched alkanes of at least 4 members (excludes halogenated alkanes) is 1. The molecule has 0 aromatic rings. The third kappa shape index (κ3) is 4.59. The topological polar surface area (TPSA) is 71.1 Å². The third-order valence-electron chi connectivity index (χ3n) is 4.21. The van der Waals surface area contributed by atoms with Gasteiger partial charge in [0.15, 0.2) is 5.79 Å². The molecule has 2 aliphatic heterocycles. The molecule has 0 saturated carbocycles. The van der Waals surface area contributed by atoms with E-state index in [0.717, 1.165) is 12.8 Å². The Morgan fingerprint density at radius 1 is 1.36 bits per heavy atom. The van der Waals surface area contributed by atoms with Gasteiger partial charge in [-0.25, -0.2) is 0 Å². The van der Waals surface area contributed by atoms with E-state index in [1.54, 1.807) is 13.8 Å². The molecule has 1 fully saturated rings. The first-order valence-corrected chi connectivity index (χ1v) is 9.53. The van der Waals surface area contributed by atoms with E-state index in [1.807, 2.05) is 6.92 Å². The number of rotatable bonds is 6. The summed E-state index contributed by atoms with van der Waals surface area (Å²) in [6.45, 7) is 5.62. The van der Waals surface area contributed by atoms with Crippen LogP contribution in [0, 0.1) is 0 Å². The Kier molecular flexibility index (Phi) is 5.65.